The second-order valence-corrected chi connectivity index (χ2v) is 10.0. The summed E-state index contributed by atoms with van der Waals surface area (Å²) in [6, 6.07) is 10.8. The highest BCUT2D eigenvalue weighted by atomic mass is 35.5. The molecule has 2 aromatic rings. The number of para-hydroxylation sites is 1. The van der Waals surface area contributed by atoms with Gasteiger partial charge in [0.05, 0.1) is 23.7 Å². The number of esters is 1. The van der Waals surface area contributed by atoms with Gasteiger partial charge in [-0.3, -0.25) is 4.79 Å². The number of benzene rings is 2. The normalized spacial score (nSPS) is 15.5. The lowest BCUT2D eigenvalue weighted by Gasteiger charge is -2.26. The number of ether oxygens (including phenoxy) is 2. The SMILES string of the molecule is COc1ccccc1C(C)NC(=O)COC(=O)c1ccc(Cl)c(S(=O)(=O)N2CCCCC2)c1. The molecule has 1 saturated heterocycles. The lowest BCUT2D eigenvalue weighted by atomic mass is 10.1. The molecule has 0 radical (unpaired) electrons. The summed E-state index contributed by atoms with van der Waals surface area (Å²) in [4.78, 5) is 24.7. The van der Waals surface area contributed by atoms with Crippen LogP contribution in [-0.4, -0.2) is 51.4 Å². The van der Waals surface area contributed by atoms with Crippen LogP contribution in [0.2, 0.25) is 5.02 Å². The van der Waals surface area contributed by atoms with Gasteiger partial charge in [-0.2, -0.15) is 4.31 Å². The topological polar surface area (TPSA) is 102 Å². The minimum atomic E-state index is -3.83. The predicted octanol–water partition coefficient (Wildman–Crippen LogP) is 3.56. The third-order valence-corrected chi connectivity index (χ3v) is 7.80. The van der Waals surface area contributed by atoms with E-state index in [-0.39, 0.29) is 21.5 Å². The van der Waals surface area contributed by atoms with Gasteiger partial charge in [0.25, 0.3) is 5.91 Å². The number of halogens is 1. The van der Waals surface area contributed by atoms with Gasteiger partial charge in [0.15, 0.2) is 6.61 Å². The van der Waals surface area contributed by atoms with Crippen LogP contribution < -0.4 is 10.1 Å². The molecule has 1 amide bonds. The van der Waals surface area contributed by atoms with E-state index < -0.39 is 28.5 Å². The molecule has 8 nitrogen and oxygen atoms in total. The number of amides is 1. The van der Waals surface area contributed by atoms with Crippen molar-refractivity contribution in [2.45, 2.75) is 37.1 Å². The zero-order valence-corrected chi connectivity index (χ0v) is 20.1. The number of hydrogen-bond acceptors (Lipinski definition) is 6. The molecule has 1 heterocycles. The minimum Gasteiger partial charge on any atom is -0.496 e. The molecule has 1 atom stereocenters. The van der Waals surface area contributed by atoms with E-state index in [0.717, 1.165) is 24.8 Å². The van der Waals surface area contributed by atoms with Gasteiger partial charge in [-0.1, -0.05) is 36.2 Å². The zero-order chi connectivity index (χ0) is 24.0. The van der Waals surface area contributed by atoms with Gasteiger partial charge in [0.1, 0.15) is 10.6 Å². The van der Waals surface area contributed by atoms with E-state index in [4.69, 9.17) is 21.1 Å². The number of rotatable bonds is 8. The molecule has 10 heteroatoms. The van der Waals surface area contributed by atoms with Crippen LogP contribution in [0.5, 0.6) is 5.75 Å². The Hall–Kier alpha value is -2.62. The van der Waals surface area contributed by atoms with Gasteiger partial charge >= 0.3 is 5.97 Å². The van der Waals surface area contributed by atoms with Crippen molar-refractivity contribution in [1.29, 1.82) is 0 Å². The summed E-state index contributed by atoms with van der Waals surface area (Å²) in [5.74, 6) is -0.690. The fourth-order valence-corrected chi connectivity index (χ4v) is 5.69. The van der Waals surface area contributed by atoms with E-state index in [1.807, 2.05) is 18.2 Å². The van der Waals surface area contributed by atoms with Crippen LogP contribution in [0.1, 0.15) is 48.1 Å². The first-order valence-corrected chi connectivity index (χ1v) is 12.4. The Morgan fingerprint density at radius 1 is 1.12 bits per heavy atom. The number of sulfonamides is 1. The maximum atomic E-state index is 13.0. The Morgan fingerprint density at radius 2 is 1.82 bits per heavy atom. The number of nitrogens with one attached hydrogen (secondary N) is 1. The summed E-state index contributed by atoms with van der Waals surface area (Å²) >= 11 is 6.14. The summed E-state index contributed by atoms with van der Waals surface area (Å²) < 4.78 is 37.7. The molecule has 0 aromatic heterocycles. The van der Waals surface area contributed by atoms with Crippen molar-refractivity contribution >= 4 is 33.5 Å². The van der Waals surface area contributed by atoms with Crippen molar-refractivity contribution in [3.63, 3.8) is 0 Å². The van der Waals surface area contributed by atoms with Crippen LogP contribution in [0.3, 0.4) is 0 Å². The highest BCUT2D eigenvalue weighted by Crippen LogP contribution is 2.28. The molecular formula is C23H27ClN2O6S. The molecule has 1 aliphatic rings. The van der Waals surface area contributed by atoms with Crippen LogP contribution in [0, 0.1) is 0 Å². The van der Waals surface area contributed by atoms with E-state index in [1.54, 1.807) is 20.1 Å². The number of piperidine rings is 1. The molecule has 1 fully saturated rings. The maximum absolute atomic E-state index is 13.0. The van der Waals surface area contributed by atoms with Crippen molar-refractivity contribution in [3.05, 3.63) is 58.6 Å². The molecule has 0 aliphatic carbocycles. The predicted molar refractivity (Wildman–Crippen MR) is 124 cm³/mol. The quantitative estimate of drug-likeness (QED) is 0.563. The van der Waals surface area contributed by atoms with Crippen molar-refractivity contribution in [1.82, 2.24) is 9.62 Å². The number of methoxy groups -OCH3 is 1. The molecule has 1 unspecified atom stereocenters. The zero-order valence-electron chi connectivity index (χ0n) is 18.5. The summed E-state index contributed by atoms with van der Waals surface area (Å²) in [5, 5.41) is 2.77. The van der Waals surface area contributed by atoms with Gasteiger partial charge < -0.3 is 14.8 Å². The Bertz CT molecular complexity index is 1120. The lowest BCUT2D eigenvalue weighted by molar-refractivity contribution is -0.124. The summed E-state index contributed by atoms with van der Waals surface area (Å²) in [7, 11) is -2.29. The fourth-order valence-electron chi connectivity index (χ4n) is 3.67. The van der Waals surface area contributed by atoms with Gasteiger partial charge in [-0.25, -0.2) is 13.2 Å². The first kappa shape index (κ1) is 25.0. The summed E-state index contributed by atoms with van der Waals surface area (Å²) in [5.41, 5.74) is 0.783. The molecule has 178 valence electrons. The smallest absolute Gasteiger partial charge is 0.338 e. The van der Waals surface area contributed by atoms with E-state index in [1.165, 1.54) is 22.5 Å². The van der Waals surface area contributed by atoms with E-state index >= 15 is 0 Å². The van der Waals surface area contributed by atoms with Crippen molar-refractivity contribution in [2.75, 3.05) is 26.8 Å². The molecule has 1 aliphatic heterocycles. The second kappa shape index (κ2) is 11.0. The third kappa shape index (κ3) is 6.04. The largest absolute Gasteiger partial charge is 0.496 e. The molecular weight excluding hydrogens is 468 g/mol. The van der Waals surface area contributed by atoms with E-state index in [0.29, 0.717) is 18.8 Å². The standard InChI is InChI=1S/C23H27ClN2O6S/c1-16(18-8-4-5-9-20(18)31-2)25-22(27)15-32-23(28)17-10-11-19(24)21(14-17)33(29,30)26-12-6-3-7-13-26/h4-5,8-11,14,16H,3,6-7,12-13,15H2,1-2H3,(H,25,27). The van der Waals surface area contributed by atoms with Crippen LogP contribution in [0.4, 0.5) is 0 Å². The Labute approximate surface area is 198 Å². The number of nitrogens with zero attached hydrogens (tertiary/aromatic N) is 1. The number of hydrogen-bond donors (Lipinski definition) is 1. The fraction of sp³-hybridized carbons (Fsp3) is 0.391. The molecule has 2 aromatic carbocycles. The van der Waals surface area contributed by atoms with Gasteiger partial charge in [0.2, 0.25) is 10.0 Å². The highest BCUT2D eigenvalue weighted by Gasteiger charge is 2.29. The van der Waals surface area contributed by atoms with Gasteiger partial charge in [0, 0.05) is 18.7 Å². The number of carbonyl (C=O) groups excluding carboxylic acids is 2. The molecule has 0 spiro atoms. The molecule has 1 N–H and O–H groups in total. The first-order chi connectivity index (χ1) is 15.7. The molecule has 0 saturated carbocycles. The average molecular weight is 495 g/mol. The lowest BCUT2D eigenvalue weighted by Crippen LogP contribution is -2.35. The van der Waals surface area contributed by atoms with Crippen LogP contribution in [-0.2, 0) is 19.6 Å². The van der Waals surface area contributed by atoms with Crippen molar-refractivity contribution < 1.29 is 27.5 Å². The maximum Gasteiger partial charge on any atom is 0.338 e. The average Bonchev–Trinajstić information content (AvgIpc) is 2.83. The molecule has 3 rings (SSSR count). The Kier molecular flexibility index (Phi) is 8.34. The minimum absolute atomic E-state index is 0.000520. The summed E-state index contributed by atoms with van der Waals surface area (Å²) in [6.07, 6.45) is 2.53. The van der Waals surface area contributed by atoms with E-state index in [2.05, 4.69) is 5.32 Å². The van der Waals surface area contributed by atoms with Crippen molar-refractivity contribution in [2.24, 2.45) is 0 Å². The van der Waals surface area contributed by atoms with Gasteiger partial charge in [-0.05, 0) is 44.0 Å². The van der Waals surface area contributed by atoms with Crippen LogP contribution in [0.15, 0.2) is 47.4 Å². The van der Waals surface area contributed by atoms with Crippen LogP contribution in [0.25, 0.3) is 0 Å². The number of carbonyl (C=O) groups is 2. The second-order valence-electron chi connectivity index (χ2n) is 7.72. The summed E-state index contributed by atoms with van der Waals surface area (Å²) in [6.45, 7) is 2.10. The van der Waals surface area contributed by atoms with Gasteiger partial charge in [-0.15, -0.1) is 0 Å². The Morgan fingerprint density at radius 3 is 2.52 bits per heavy atom. The molecule has 0 bridgehead atoms. The first-order valence-electron chi connectivity index (χ1n) is 10.6. The van der Waals surface area contributed by atoms with E-state index in [9.17, 15) is 18.0 Å². The van der Waals surface area contributed by atoms with Crippen LogP contribution >= 0.6 is 11.6 Å². The van der Waals surface area contributed by atoms with Crippen molar-refractivity contribution in [3.8, 4) is 5.75 Å². The Balaban J connectivity index is 1.64. The molecule has 33 heavy (non-hydrogen) atoms. The highest BCUT2D eigenvalue weighted by molar-refractivity contribution is 7.89. The monoisotopic (exact) mass is 494 g/mol. The third-order valence-electron chi connectivity index (χ3n) is 5.42.